The van der Waals surface area contributed by atoms with Crippen LogP contribution in [-0.4, -0.2) is 29.4 Å². The summed E-state index contributed by atoms with van der Waals surface area (Å²) in [6.45, 7) is 0. The number of fused-ring (bicyclic) bond motifs is 1. The van der Waals surface area contributed by atoms with E-state index in [0.717, 1.165) is 11.4 Å². The zero-order valence-corrected chi connectivity index (χ0v) is 8.07. The highest BCUT2D eigenvalue weighted by Gasteiger charge is 2.08. The molecule has 0 aliphatic heterocycles. The van der Waals surface area contributed by atoms with Crippen LogP contribution in [0, 0.1) is 0 Å². The van der Waals surface area contributed by atoms with Gasteiger partial charge >= 0.3 is 0 Å². The van der Waals surface area contributed by atoms with Crippen LogP contribution in [0.2, 0.25) is 0 Å². The van der Waals surface area contributed by atoms with Gasteiger partial charge < -0.3 is 0 Å². The minimum absolute atomic E-state index is 0.591. The minimum atomic E-state index is 0.591. The molecule has 3 aromatic heterocycles. The van der Waals surface area contributed by atoms with Crippen LogP contribution in [0.4, 0.5) is 0 Å². The number of hydrogen-bond acceptors (Lipinski definition) is 4. The van der Waals surface area contributed by atoms with Crippen LogP contribution >= 0.6 is 0 Å². The fourth-order valence-electron chi connectivity index (χ4n) is 1.56. The van der Waals surface area contributed by atoms with Crippen molar-refractivity contribution in [3.8, 4) is 11.4 Å². The van der Waals surface area contributed by atoms with Gasteiger partial charge in [-0.05, 0) is 12.1 Å². The largest absolute Gasteiger partial charge is 0.266 e. The first kappa shape index (κ1) is 8.10. The number of nitrogens with zero attached hydrogens (tertiary/aromatic N) is 6. The van der Waals surface area contributed by atoms with Gasteiger partial charge in [-0.3, -0.25) is 4.68 Å². The van der Waals surface area contributed by atoms with Crippen LogP contribution in [0.1, 0.15) is 0 Å². The SMILES string of the molecule is Cn1nccc1-c1ccnc2ncnn12. The Morgan fingerprint density at radius 2 is 1.87 bits per heavy atom. The normalized spacial score (nSPS) is 11.0. The number of aromatic nitrogens is 6. The highest BCUT2D eigenvalue weighted by molar-refractivity contribution is 5.56. The molecule has 0 radical (unpaired) electrons. The Kier molecular flexibility index (Phi) is 1.55. The van der Waals surface area contributed by atoms with E-state index in [9.17, 15) is 0 Å². The third-order valence-corrected chi connectivity index (χ3v) is 2.26. The summed E-state index contributed by atoms with van der Waals surface area (Å²) in [4.78, 5) is 8.13. The van der Waals surface area contributed by atoms with E-state index in [1.807, 2.05) is 19.2 Å². The van der Waals surface area contributed by atoms with E-state index in [2.05, 4.69) is 20.2 Å². The van der Waals surface area contributed by atoms with Crippen LogP contribution in [-0.2, 0) is 7.05 Å². The lowest BCUT2D eigenvalue weighted by molar-refractivity contribution is 0.767. The van der Waals surface area contributed by atoms with Crippen LogP contribution in [0.5, 0.6) is 0 Å². The molecule has 0 saturated heterocycles. The summed E-state index contributed by atoms with van der Waals surface area (Å²) < 4.78 is 3.48. The Labute approximate surface area is 85.2 Å². The standard InChI is InChI=1S/C9H8N6/c1-14-7(3-5-12-14)8-2-4-10-9-11-6-13-15(8)9/h2-6H,1H3. The lowest BCUT2D eigenvalue weighted by Gasteiger charge is -2.02. The fourth-order valence-corrected chi connectivity index (χ4v) is 1.56. The topological polar surface area (TPSA) is 60.9 Å². The Hall–Kier alpha value is -2.24. The van der Waals surface area contributed by atoms with Gasteiger partial charge in [0.1, 0.15) is 6.33 Å². The molecule has 3 heterocycles. The molecule has 0 spiro atoms. The second-order valence-electron chi connectivity index (χ2n) is 3.14. The van der Waals surface area contributed by atoms with E-state index in [1.54, 1.807) is 21.6 Å². The maximum atomic E-state index is 4.12. The molecule has 0 atom stereocenters. The molecule has 0 N–H and O–H groups in total. The van der Waals surface area contributed by atoms with Crippen molar-refractivity contribution in [3.63, 3.8) is 0 Å². The molecule has 74 valence electrons. The first-order valence-electron chi connectivity index (χ1n) is 4.49. The number of rotatable bonds is 1. The maximum Gasteiger partial charge on any atom is 0.252 e. The minimum Gasteiger partial charge on any atom is -0.266 e. The quantitative estimate of drug-likeness (QED) is 0.574. The third-order valence-electron chi connectivity index (χ3n) is 2.26. The Morgan fingerprint density at radius 1 is 1.00 bits per heavy atom. The fraction of sp³-hybridized carbons (Fsp3) is 0.111. The molecule has 0 saturated carbocycles. The Morgan fingerprint density at radius 3 is 2.67 bits per heavy atom. The Bertz CT molecular complexity index is 608. The van der Waals surface area contributed by atoms with Gasteiger partial charge in [-0.25, -0.2) is 4.98 Å². The summed E-state index contributed by atoms with van der Waals surface area (Å²) in [5.41, 5.74) is 1.91. The summed E-state index contributed by atoms with van der Waals surface area (Å²) >= 11 is 0. The molecular weight excluding hydrogens is 192 g/mol. The van der Waals surface area contributed by atoms with Crippen molar-refractivity contribution in [2.75, 3.05) is 0 Å². The summed E-state index contributed by atoms with van der Waals surface area (Å²) in [5, 5.41) is 8.24. The van der Waals surface area contributed by atoms with Gasteiger partial charge in [-0.2, -0.15) is 19.7 Å². The average Bonchev–Trinajstić information content (AvgIpc) is 2.85. The van der Waals surface area contributed by atoms with Crippen LogP contribution in [0.15, 0.2) is 30.9 Å². The third kappa shape index (κ3) is 1.11. The van der Waals surface area contributed by atoms with Crippen molar-refractivity contribution in [1.29, 1.82) is 0 Å². The predicted molar refractivity (Wildman–Crippen MR) is 53.0 cm³/mol. The van der Waals surface area contributed by atoms with Crippen LogP contribution in [0.25, 0.3) is 17.2 Å². The van der Waals surface area contributed by atoms with Crippen molar-refractivity contribution in [2.24, 2.45) is 7.05 Å². The van der Waals surface area contributed by atoms with Gasteiger partial charge in [0.25, 0.3) is 5.78 Å². The number of hydrogen-bond donors (Lipinski definition) is 0. The lowest BCUT2D eigenvalue weighted by atomic mass is 10.3. The van der Waals surface area contributed by atoms with E-state index in [4.69, 9.17) is 0 Å². The zero-order chi connectivity index (χ0) is 10.3. The summed E-state index contributed by atoms with van der Waals surface area (Å²) in [7, 11) is 1.89. The molecule has 0 amide bonds. The molecule has 0 fully saturated rings. The molecule has 3 aromatic rings. The van der Waals surface area contributed by atoms with Crippen molar-refractivity contribution >= 4 is 5.78 Å². The van der Waals surface area contributed by atoms with E-state index in [-0.39, 0.29) is 0 Å². The summed E-state index contributed by atoms with van der Waals surface area (Å²) in [6.07, 6.45) is 4.95. The lowest BCUT2D eigenvalue weighted by Crippen LogP contribution is -2.00. The summed E-state index contributed by atoms with van der Waals surface area (Å²) in [6, 6.07) is 3.81. The molecule has 0 aliphatic carbocycles. The molecule has 0 unspecified atom stereocenters. The molecule has 0 aromatic carbocycles. The highest BCUT2D eigenvalue weighted by atomic mass is 15.3. The second-order valence-corrected chi connectivity index (χ2v) is 3.14. The van der Waals surface area contributed by atoms with Crippen molar-refractivity contribution in [2.45, 2.75) is 0 Å². The predicted octanol–water partition coefficient (Wildman–Crippen LogP) is 0.525. The van der Waals surface area contributed by atoms with E-state index < -0.39 is 0 Å². The molecular formula is C9H8N6. The van der Waals surface area contributed by atoms with Crippen molar-refractivity contribution < 1.29 is 0 Å². The van der Waals surface area contributed by atoms with E-state index >= 15 is 0 Å². The van der Waals surface area contributed by atoms with Gasteiger partial charge in [-0.1, -0.05) is 0 Å². The second kappa shape index (κ2) is 2.88. The van der Waals surface area contributed by atoms with Gasteiger partial charge in [0.15, 0.2) is 0 Å². The van der Waals surface area contributed by atoms with E-state index in [1.165, 1.54) is 6.33 Å². The molecule has 0 aliphatic rings. The smallest absolute Gasteiger partial charge is 0.252 e. The summed E-state index contributed by atoms with van der Waals surface area (Å²) in [5.74, 6) is 0.591. The molecule has 0 bridgehead atoms. The van der Waals surface area contributed by atoms with Gasteiger partial charge in [0.05, 0.1) is 11.4 Å². The molecule has 6 heteroatoms. The first-order chi connectivity index (χ1) is 7.36. The molecule has 15 heavy (non-hydrogen) atoms. The Balaban J connectivity index is 2.36. The maximum absolute atomic E-state index is 4.12. The monoisotopic (exact) mass is 200 g/mol. The van der Waals surface area contributed by atoms with Crippen LogP contribution < -0.4 is 0 Å². The van der Waals surface area contributed by atoms with Gasteiger partial charge in [0.2, 0.25) is 0 Å². The van der Waals surface area contributed by atoms with Crippen LogP contribution in [0.3, 0.4) is 0 Å². The molecule has 6 nitrogen and oxygen atoms in total. The van der Waals surface area contributed by atoms with Gasteiger partial charge in [-0.15, -0.1) is 0 Å². The number of aryl methyl sites for hydroxylation is 1. The van der Waals surface area contributed by atoms with Crippen molar-refractivity contribution in [3.05, 3.63) is 30.9 Å². The van der Waals surface area contributed by atoms with E-state index in [0.29, 0.717) is 5.78 Å². The zero-order valence-electron chi connectivity index (χ0n) is 8.07. The van der Waals surface area contributed by atoms with Gasteiger partial charge in [0, 0.05) is 19.4 Å². The molecule has 3 rings (SSSR count). The van der Waals surface area contributed by atoms with Crippen molar-refractivity contribution in [1.82, 2.24) is 29.4 Å². The average molecular weight is 200 g/mol. The highest BCUT2D eigenvalue weighted by Crippen LogP contribution is 2.16. The first-order valence-corrected chi connectivity index (χ1v) is 4.49.